The molecule has 0 aromatic heterocycles. The van der Waals surface area contributed by atoms with Crippen molar-refractivity contribution in [3.8, 4) is 5.75 Å². The third-order valence-corrected chi connectivity index (χ3v) is 6.19. The number of aliphatic hydroxyl groups is 1. The Balaban J connectivity index is 2.25. The lowest BCUT2D eigenvalue weighted by Gasteiger charge is -2.27. The molecule has 0 radical (unpaired) electrons. The van der Waals surface area contributed by atoms with Gasteiger partial charge in [-0.25, -0.2) is 9.59 Å². The van der Waals surface area contributed by atoms with E-state index in [0.29, 0.717) is 17.9 Å². The molecule has 4 atom stereocenters. The summed E-state index contributed by atoms with van der Waals surface area (Å²) in [6.45, 7) is 10.6. The second kappa shape index (κ2) is 16.5. The van der Waals surface area contributed by atoms with Gasteiger partial charge in [-0.2, -0.15) is 0 Å². The molecule has 0 bridgehead atoms. The molecular formula is C32H45N3O8. The molecule has 0 aliphatic carbocycles. The number of aliphatic hydroxyl groups excluding tert-OH is 1. The summed E-state index contributed by atoms with van der Waals surface area (Å²) < 4.78 is 15.9. The Kier molecular flexibility index (Phi) is 13.5. The van der Waals surface area contributed by atoms with Crippen LogP contribution in [0.3, 0.4) is 0 Å². The molecule has 4 N–H and O–H groups in total. The number of alkyl carbamates (subject to hydrolysis) is 1. The van der Waals surface area contributed by atoms with Crippen molar-refractivity contribution in [2.45, 2.75) is 90.8 Å². The van der Waals surface area contributed by atoms with Crippen LogP contribution < -0.4 is 20.7 Å². The van der Waals surface area contributed by atoms with Crippen molar-refractivity contribution in [2.75, 3.05) is 7.11 Å². The van der Waals surface area contributed by atoms with E-state index in [0.717, 1.165) is 12.7 Å². The highest BCUT2D eigenvalue weighted by atomic mass is 16.6. The van der Waals surface area contributed by atoms with Gasteiger partial charge >= 0.3 is 12.1 Å². The van der Waals surface area contributed by atoms with Gasteiger partial charge in [0.1, 0.15) is 30.0 Å². The van der Waals surface area contributed by atoms with Gasteiger partial charge in [-0.1, -0.05) is 56.3 Å². The summed E-state index contributed by atoms with van der Waals surface area (Å²) in [6.07, 6.45) is -1.69. The van der Waals surface area contributed by atoms with Crippen LogP contribution in [0.5, 0.6) is 5.75 Å². The fraction of sp³-hybridized carbons (Fsp3) is 0.500. The number of hydrogen-bond acceptors (Lipinski definition) is 8. The van der Waals surface area contributed by atoms with Gasteiger partial charge < -0.3 is 35.3 Å². The molecule has 2 aromatic carbocycles. The van der Waals surface area contributed by atoms with Crippen LogP contribution in [0.25, 0.3) is 0 Å². The lowest BCUT2D eigenvalue weighted by atomic mass is 10.0. The number of amides is 3. The molecular weight excluding hydrogens is 554 g/mol. The van der Waals surface area contributed by atoms with E-state index in [2.05, 4.69) is 16.0 Å². The van der Waals surface area contributed by atoms with Crippen molar-refractivity contribution in [3.63, 3.8) is 0 Å². The smallest absolute Gasteiger partial charge is 0.408 e. The Bertz CT molecular complexity index is 1190. The van der Waals surface area contributed by atoms with Crippen LogP contribution in [0.15, 0.2) is 54.6 Å². The number of carbonyl (C=O) groups is 4. The van der Waals surface area contributed by atoms with E-state index in [4.69, 9.17) is 14.2 Å². The van der Waals surface area contributed by atoms with Crippen LogP contribution in [-0.2, 0) is 36.9 Å². The first-order valence-corrected chi connectivity index (χ1v) is 14.3. The van der Waals surface area contributed by atoms with E-state index >= 15 is 0 Å². The highest BCUT2D eigenvalue weighted by Crippen LogP contribution is 2.16. The van der Waals surface area contributed by atoms with Crippen molar-refractivity contribution in [2.24, 2.45) is 5.92 Å². The molecule has 0 heterocycles. The zero-order chi connectivity index (χ0) is 32.2. The van der Waals surface area contributed by atoms with E-state index in [-0.39, 0.29) is 18.8 Å². The molecule has 0 aliphatic rings. The summed E-state index contributed by atoms with van der Waals surface area (Å²) >= 11 is 0. The van der Waals surface area contributed by atoms with E-state index in [1.165, 1.54) is 6.92 Å². The summed E-state index contributed by atoms with van der Waals surface area (Å²) in [6, 6.07) is 13.2. The van der Waals surface area contributed by atoms with Gasteiger partial charge in [-0.15, -0.1) is 0 Å². The first kappa shape index (κ1) is 35.1. The van der Waals surface area contributed by atoms with Crippen LogP contribution in [0, 0.1) is 5.92 Å². The largest absolute Gasteiger partial charge is 0.489 e. The number of methoxy groups -OCH3 is 1. The second-order valence-corrected chi connectivity index (χ2v) is 11.8. The van der Waals surface area contributed by atoms with Crippen LogP contribution >= 0.6 is 0 Å². The van der Waals surface area contributed by atoms with E-state index in [9.17, 15) is 24.3 Å². The second-order valence-electron chi connectivity index (χ2n) is 11.8. The van der Waals surface area contributed by atoms with Gasteiger partial charge in [0.15, 0.2) is 6.04 Å². The van der Waals surface area contributed by atoms with Crippen molar-refractivity contribution in [3.05, 3.63) is 65.7 Å². The van der Waals surface area contributed by atoms with Crippen LogP contribution in [0.2, 0.25) is 0 Å². The molecule has 3 amide bonds. The normalized spacial score (nSPS) is 14.1. The van der Waals surface area contributed by atoms with Gasteiger partial charge in [-0.3, -0.25) is 9.59 Å². The highest BCUT2D eigenvalue weighted by molar-refractivity contribution is 5.93. The van der Waals surface area contributed by atoms with Crippen molar-refractivity contribution < 1.29 is 38.5 Å². The predicted molar refractivity (Wildman–Crippen MR) is 161 cm³/mol. The zero-order valence-corrected chi connectivity index (χ0v) is 26.0. The molecule has 0 aliphatic heterocycles. The molecule has 0 unspecified atom stereocenters. The maximum absolute atomic E-state index is 13.4. The SMILES string of the molecule is COC(=O)[C@@H](NC(=O)[C@@H](Cc1ccc(OCc2ccccc2)cc1)NC(=O)[C@H](CC(C)C)NC(=O)OC(C)(C)C)[C@@H](C)O. The molecule has 2 rings (SSSR count). The predicted octanol–water partition coefficient (Wildman–Crippen LogP) is 3.27. The van der Waals surface area contributed by atoms with Gasteiger partial charge in [-0.05, 0) is 63.3 Å². The molecule has 0 fully saturated rings. The minimum atomic E-state index is -1.35. The molecule has 2 aromatic rings. The Morgan fingerprint density at radius 2 is 1.42 bits per heavy atom. The van der Waals surface area contributed by atoms with Gasteiger partial charge in [0, 0.05) is 6.42 Å². The number of carbonyl (C=O) groups excluding carboxylic acids is 4. The lowest BCUT2D eigenvalue weighted by molar-refractivity contribution is -0.148. The third kappa shape index (κ3) is 12.7. The number of ether oxygens (including phenoxy) is 3. The van der Waals surface area contributed by atoms with Crippen molar-refractivity contribution in [1.82, 2.24) is 16.0 Å². The summed E-state index contributed by atoms with van der Waals surface area (Å²) in [5.41, 5.74) is 0.937. The van der Waals surface area contributed by atoms with E-state index in [1.807, 2.05) is 44.2 Å². The fourth-order valence-electron chi connectivity index (χ4n) is 4.09. The highest BCUT2D eigenvalue weighted by Gasteiger charge is 2.33. The standard InChI is InChI=1S/C32H45N3O8/c1-20(2)17-25(34-31(40)43-32(4,5)6)28(37)33-26(29(38)35-27(21(3)36)30(39)41-7)18-22-13-15-24(16-14-22)42-19-23-11-9-8-10-12-23/h8-16,20-21,25-27,36H,17-19H2,1-7H3,(H,33,37)(H,34,40)(H,35,38)/t21-,25+,26-,27+/m1/s1. The summed E-state index contributed by atoms with van der Waals surface area (Å²) in [7, 11) is 1.14. The lowest BCUT2D eigenvalue weighted by Crippen LogP contribution is -2.58. The number of benzene rings is 2. The maximum Gasteiger partial charge on any atom is 0.408 e. The average Bonchev–Trinajstić information content (AvgIpc) is 2.93. The zero-order valence-electron chi connectivity index (χ0n) is 26.0. The van der Waals surface area contributed by atoms with Gasteiger partial charge in [0.05, 0.1) is 13.2 Å². The maximum atomic E-state index is 13.4. The number of nitrogens with one attached hydrogen (secondary N) is 3. The first-order chi connectivity index (χ1) is 20.2. The topological polar surface area (TPSA) is 152 Å². The summed E-state index contributed by atoms with van der Waals surface area (Å²) in [4.78, 5) is 51.5. The van der Waals surface area contributed by atoms with E-state index < -0.39 is 53.7 Å². The van der Waals surface area contributed by atoms with Crippen LogP contribution in [0.4, 0.5) is 4.79 Å². The molecule has 236 valence electrons. The minimum Gasteiger partial charge on any atom is -0.489 e. The van der Waals surface area contributed by atoms with Gasteiger partial charge in [0.2, 0.25) is 11.8 Å². The molecule has 11 heteroatoms. The fourth-order valence-corrected chi connectivity index (χ4v) is 4.09. The minimum absolute atomic E-state index is 0.0281. The molecule has 0 saturated carbocycles. The molecule has 11 nitrogen and oxygen atoms in total. The Morgan fingerprint density at radius 3 is 1.95 bits per heavy atom. The molecule has 0 saturated heterocycles. The van der Waals surface area contributed by atoms with Gasteiger partial charge in [0.25, 0.3) is 0 Å². The Morgan fingerprint density at radius 1 is 0.814 bits per heavy atom. The van der Waals surface area contributed by atoms with Crippen molar-refractivity contribution >= 4 is 23.9 Å². The average molecular weight is 600 g/mol. The van der Waals surface area contributed by atoms with E-state index in [1.54, 1.807) is 45.0 Å². The van der Waals surface area contributed by atoms with Crippen LogP contribution in [-0.4, -0.2) is 65.9 Å². The number of esters is 1. The Labute approximate surface area is 253 Å². The third-order valence-electron chi connectivity index (χ3n) is 6.19. The first-order valence-electron chi connectivity index (χ1n) is 14.3. The molecule has 0 spiro atoms. The molecule has 43 heavy (non-hydrogen) atoms. The number of hydrogen-bond donors (Lipinski definition) is 4. The quantitative estimate of drug-likeness (QED) is 0.242. The monoisotopic (exact) mass is 599 g/mol. The summed E-state index contributed by atoms with van der Waals surface area (Å²) in [5, 5.41) is 17.9. The van der Waals surface area contributed by atoms with Crippen molar-refractivity contribution in [1.29, 1.82) is 0 Å². The number of rotatable bonds is 14. The van der Waals surface area contributed by atoms with Crippen LogP contribution in [0.1, 0.15) is 59.1 Å². The Hall–Kier alpha value is -4.12. The summed E-state index contributed by atoms with van der Waals surface area (Å²) in [5.74, 6) is -1.50.